The third-order valence-corrected chi connectivity index (χ3v) is 5.58. The zero-order valence-corrected chi connectivity index (χ0v) is 14.1. The number of ketones is 1. The van der Waals surface area contributed by atoms with Crippen LogP contribution in [0.3, 0.4) is 0 Å². The number of amides is 2. The molecule has 1 fully saturated rings. The molecule has 1 saturated heterocycles. The summed E-state index contributed by atoms with van der Waals surface area (Å²) in [5, 5.41) is 0. The number of benzene rings is 1. The molecule has 0 saturated carbocycles. The number of allylic oxidation sites excluding steroid dienone is 4. The molecule has 0 aromatic heterocycles. The number of carbonyl (C=O) groups is 3. The molecule has 4 rings (SSSR count). The fourth-order valence-electron chi connectivity index (χ4n) is 4.31. The molecule has 4 heteroatoms. The zero-order chi connectivity index (χ0) is 17.4. The summed E-state index contributed by atoms with van der Waals surface area (Å²) in [4.78, 5) is 38.6. The summed E-state index contributed by atoms with van der Waals surface area (Å²) < 4.78 is 0. The van der Waals surface area contributed by atoms with E-state index in [2.05, 4.69) is 6.08 Å². The number of carbonyl (C=O) groups excluding carboxylic acids is 3. The molecule has 0 radical (unpaired) electrons. The maximum atomic E-state index is 13.0. The molecule has 0 bridgehead atoms. The summed E-state index contributed by atoms with van der Waals surface area (Å²) in [6.45, 7) is 0. The Morgan fingerprint density at radius 2 is 1.80 bits per heavy atom. The largest absolute Gasteiger partial charge is 0.295 e. The minimum Gasteiger partial charge on any atom is -0.295 e. The predicted molar refractivity (Wildman–Crippen MR) is 94.7 cm³/mol. The van der Waals surface area contributed by atoms with E-state index in [4.69, 9.17) is 0 Å². The van der Waals surface area contributed by atoms with Gasteiger partial charge in [-0.3, -0.25) is 19.3 Å². The van der Waals surface area contributed by atoms with Gasteiger partial charge >= 0.3 is 0 Å². The van der Waals surface area contributed by atoms with Crippen LogP contribution < -0.4 is 4.90 Å². The molecular formula is C21H21NO3. The van der Waals surface area contributed by atoms with Crippen molar-refractivity contribution in [1.82, 2.24) is 0 Å². The lowest BCUT2D eigenvalue weighted by molar-refractivity contribution is -0.122. The number of rotatable bonds is 4. The molecule has 1 aromatic carbocycles. The molecule has 0 N–H and O–H groups in total. The Morgan fingerprint density at radius 1 is 1.00 bits per heavy atom. The second-order valence-electron chi connectivity index (χ2n) is 7.11. The lowest BCUT2D eigenvalue weighted by Crippen LogP contribution is -2.32. The van der Waals surface area contributed by atoms with Crippen LogP contribution in [0.4, 0.5) is 5.69 Å². The smallest absolute Gasteiger partial charge is 0.238 e. The minimum absolute atomic E-state index is 0.0699. The van der Waals surface area contributed by atoms with Crippen molar-refractivity contribution >= 4 is 23.3 Å². The highest BCUT2D eigenvalue weighted by Crippen LogP contribution is 2.42. The van der Waals surface area contributed by atoms with E-state index in [1.165, 1.54) is 10.5 Å². The molecule has 2 amide bonds. The van der Waals surface area contributed by atoms with Crippen LogP contribution in [-0.4, -0.2) is 17.6 Å². The van der Waals surface area contributed by atoms with Gasteiger partial charge in [0.05, 0.1) is 17.5 Å². The van der Waals surface area contributed by atoms with Crippen molar-refractivity contribution < 1.29 is 14.4 Å². The van der Waals surface area contributed by atoms with Gasteiger partial charge in [-0.15, -0.1) is 0 Å². The number of para-hydroxylation sites is 1. The summed E-state index contributed by atoms with van der Waals surface area (Å²) in [7, 11) is 0. The van der Waals surface area contributed by atoms with Crippen LogP contribution in [0.15, 0.2) is 54.1 Å². The van der Waals surface area contributed by atoms with Crippen LogP contribution in [0.25, 0.3) is 0 Å². The summed E-state index contributed by atoms with van der Waals surface area (Å²) in [6.07, 6.45) is 9.62. The topological polar surface area (TPSA) is 54.5 Å². The van der Waals surface area contributed by atoms with Gasteiger partial charge < -0.3 is 0 Å². The first kappa shape index (κ1) is 16.0. The standard InChI is InChI=1S/C21H21NO3/c23-17-12-10-14(13-17)9-11-15-5-4-8-18-19(15)21(25)22(20(18)24)16-6-2-1-3-7-16/h1-7,13,15,18-19H,8-12H2/t15-,18-,19+/m1/s1. The molecule has 2 aliphatic carbocycles. The Hall–Kier alpha value is -2.49. The van der Waals surface area contributed by atoms with E-state index in [1.54, 1.807) is 6.08 Å². The van der Waals surface area contributed by atoms with Crippen LogP contribution in [0, 0.1) is 17.8 Å². The zero-order valence-electron chi connectivity index (χ0n) is 14.1. The molecule has 3 aliphatic rings. The van der Waals surface area contributed by atoms with Crippen molar-refractivity contribution in [3.63, 3.8) is 0 Å². The number of anilines is 1. The highest BCUT2D eigenvalue weighted by molar-refractivity contribution is 6.22. The van der Waals surface area contributed by atoms with Crippen molar-refractivity contribution in [1.29, 1.82) is 0 Å². The van der Waals surface area contributed by atoms with Crippen LogP contribution >= 0.6 is 0 Å². The molecule has 25 heavy (non-hydrogen) atoms. The van der Waals surface area contributed by atoms with Gasteiger partial charge in [0.1, 0.15) is 0 Å². The van der Waals surface area contributed by atoms with Gasteiger partial charge in [-0.2, -0.15) is 0 Å². The summed E-state index contributed by atoms with van der Waals surface area (Å²) in [6, 6.07) is 9.19. The lowest BCUT2D eigenvalue weighted by Gasteiger charge is -2.26. The lowest BCUT2D eigenvalue weighted by atomic mass is 9.75. The Morgan fingerprint density at radius 3 is 2.52 bits per heavy atom. The van der Waals surface area contributed by atoms with Crippen LogP contribution in [0.2, 0.25) is 0 Å². The third kappa shape index (κ3) is 2.86. The first-order chi connectivity index (χ1) is 12.1. The Balaban J connectivity index is 1.54. The molecule has 1 aliphatic heterocycles. The molecule has 0 spiro atoms. The van der Waals surface area contributed by atoms with Crippen LogP contribution in [-0.2, 0) is 14.4 Å². The van der Waals surface area contributed by atoms with Crippen LogP contribution in [0.5, 0.6) is 0 Å². The number of nitrogens with zero attached hydrogens (tertiary/aromatic N) is 1. The highest BCUT2D eigenvalue weighted by atomic mass is 16.2. The van der Waals surface area contributed by atoms with E-state index in [0.717, 1.165) is 19.3 Å². The predicted octanol–water partition coefficient (Wildman–Crippen LogP) is 3.44. The molecular weight excluding hydrogens is 314 g/mol. The maximum Gasteiger partial charge on any atom is 0.238 e. The average molecular weight is 335 g/mol. The van der Waals surface area contributed by atoms with E-state index in [9.17, 15) is 14.4 Å². The van der Waals surface area contributed by atoms with Crippen LogP contribution in [0.1, 0.15) is 32.1 Å². The molecule has 1 heterocycles. The second-order valence-corrected chi connectivity index (χ2v) is 7.11. The van der Waals surface area contributed by atoms with E-state index < -0.39 is 0 Å². The van der Waals surface area contributed by atoms with Gasteiger partial charge in [0, 0.05) is 6.42 Å². The van der Waals surface area contributed by atoms with Crippen molar-refractivity contribution in [2.24, 2.45) is 17.8 Å². The van der Waals surface area contributed by atoms with Gasteiger partial charge in [0.25, 0.3) is 0 Å². The number of hydrogen-bond acceptors (Lipinski definition) is 3. The van der Waals surface area contributed by atoms with E-state index in [-0.39, 0.29) is 35.4 Å². The number of imide groups is 1. The molecule has 128 valence electrons. The van der Waals surface area contributed by atoms with Gasteiger partial charge in [0.15, 0.2) is 5.78 Å². The van der Waals surface area contributed by atoms with Gasteiger partial charge in [-0.1, -0.05) is 35.9 Å². The third-order valence-electron chi connectivity index (χ3n) is 5.58. The van der Waals surface area contributed by atoms with E-state index in [1.807, 2.05) is 36.4 Å². The fraction of sp³-hybridized carbons (Fsp3) is 0.381. The molecule has 4 nitrogen and oxygen atoms in total. The van der Waals surface area contributed by atoms with E-state index >= 15 is 0 Å². The Labute approximate surface area is 147 Å². The minimum atomic E-state index is -0.268. The first-order valence-corrected chi connectivity index (χ1v) is 8.97. The SMILES string of the molecule is O=C1C=C(CC[C@H]2C=CC[C@H]3C(=O)N(c4ccccc4)C(=O)[C@@H]23)CC1. The summed E-state index contributed by atoms with van der Waals surface area (Å²) in [5.74, 6) is -0.398. The Kier molecular flexibility index (Phi) is 4.12. The average Bonchev–Trinajstić information content (AvgIpc) is 3.16. The first-order valence-electron chi connectivity index (χ1n) is 8.97. The molecule has 0 unspecified atom stereocenters. The summed E-state index contributed by atoms with van der Waals surface area (Å²) >= 11 is 0. The Bertz CT molecular complexity index is 778. The fourth-order valence-corrected chi connectivity index (χ4v) is 4.31. The summed E-state index contributed by atoms with van der Waals surface area (Å²) in [5.41, 5.74) is 1.84. The normalized spacial score (nSPS) is 28.5. The van der Waals surface area contributed by atoms with Crippen molar-refractivity contribution in [2.75, 3.05) is 4.90 Å². The van der Waals surface area contributed by atoms with Crippen molar-refractivity contribution in [3.05, 3.63) is 54.1 Å². The van der Waals surface area contributed by atoms with E-state index in [0.29, 0.717) is 18.5 Å². The maximum absolute atomic E-state index is 13.0. The quantitative estimate of drug-likeness (QED) is 0.626. The van der Waals surface area contributed by atoms with Gasteiger partial charge in [-0.05, 0) is 49.8 Å². The van der Waals surface area contributed by atoms with Gasteiger partial charge in [0.2, 0.25) is 11.8 Å². The highest BCUT2D eigenvalue weighted by Gasteiger charge is 2.51. The van der Waals surface area contributed by atoms with Gasteiger partial charge in [-0.25, -0.2) is 0 Å². The monoisotopic (exact) mass is 335 g/mol. The number of fused-ring (bicyclic) bond motifs is 1. The van der Waals surface area contributed by atoms with Crippen molar-refractivity contribution in [2.45, 2.75) is 32.1 Å². The molecule has 3 atom stereocenters. The second kappa shape index (κ2) is 6.43. The molecule has 1 aromatic rings. The van der Waals surface area contributed by atoms with Crippen molar-refractivity contribution in [3.8, 4) is 0 Å². The number of hydrogen-bond donors (Lipinski definition) is 0.